The predicted molar refractivity (Wildman–Crippen MR) is 69.3 cm³/mol. The molecule has 90 valence electrons. The first kappa shape index (κ1) is 11.6. The fourth-order valence-corrected chi connectivity index (χ4v) is 2.18. The zero-order valence-corrected chi connectivity index (χ0v) is 9.93. The standard InChI is InChI=1S/C13H16N2O2/c1-2-5-11-6-7-12(10-13(11)15(16)17)14-8-3-4-9-14/h2,5-7,10H,3-4,8-9H2,1H3/b5-2+. The molecule has 2 rings (SSSR count). The number of nitrogens with zero attached hydrogens (tertiary/aromatic N) is 2. The van der Waals surface area contributed by atoms with Gasteiger partial charge in [0, 0.05) is 24.8 Å². The van der Waals surface area contributed by atoms with Gasteiger partial charge in [-0.15, -0.1) is 0 Å². The summed E-state index contributed by atoms with van der Waals surface area (Å²) in [4.78, 5) is 12.9. The lowest BCUT2D eigenvalue weighted by atomic mass is 10.1. The maximum absolute atomic E-state index is 11.0. The molecule has 0 unspecified atom stereocenters. The van der Waals surface area contributed by atoms with Crippen molar-refractivity contribution in [1.82, 2.24) is 0 Å². The van der Waals surface area contributed by atoms with E-state index in [0.717, 1.165) is 18.8 Å². The molecule has 0 radical (unpaired) electrons. The summed E-state index contributed by atoms with van der Waals surface area (Å²) in [5, 5.41) is 11.0. The Hall–Kier alpha value is -1.84. The molecule has 1 aliphatic heterocycles. The first-order valence-electron chi connectivity index (χ1n) is 5.88. The minimum atomic E-state index is -0.311. The van der Waals surface area contributed by atoms with E-state index in [1.807, 2.05) is 25.1 Å². The molecule has 4 nitrogen and oxygen atoms in total. The lowest BCUT2D eigenvalue weighted by Gasteiger charge is -2.17. The van der Waals surface area contributed by atoms with Crippen LogP contribution in [0.5, 0.6) is 0 Å². The van der Waals surface area contributed by atoms with E-state index in [-0.39, 0.29) is 10.6 Å². The van der Waals surface area contributed by atoms with Crippen LogP contribution in [-0.4, -0.2) is 18.0 Å². The van der Waals surface area contributed by atoms with Crippen molar-refractivity contribution in [2.24, 2.45) is 0 Å². The van der Waals surface area contributed by atoms with Crippen LogP contribution in [0.25, 0.3) is 6.08 Å². The fourth-order valence-electron chi connectivity index (χ4n) is 2.18. The van der Waals surface area contributed by atoms with E-state index in [1.165, 1.54) is 12.8 Å². The molecule has 1 aromatic rings. The van der Waals surface area contributed by atoms with Crippen LogP contribution in [0, 0.1) is 10.1 Å². The average Bonchev–Trinajstić information content (AvgIpc) is 2.83. The molecule has 0 N–H and O–H groups in total. The third-order valence-electron chi connectivity index (χ3n) is 3.03. The van der Waals surface area contributed by atoms with Gasteiger partial charge in [0.2, 0.25) is 0 Å². The molecule has 0 atom stereocenters. The van der Waals surface area contributed by atoms with Gasteiger partial charge in [-0.2, -0.15) is 0 Å². The van der Waals surface area contributed by atoms with Crippen molar-refractivity contribution < 1.29 is 4.92 Å². The molecule has 0 aromatic heterocycles. The van der Waals surface area contributed by atoms with Crippen LogP contribution in [0.3, 0.4) is 0 Å². The third-order valence-corrected chi connectivity index (χ3v) is 3.03. The topological polar surface area (TPSA) is 46.4 Å². The molecule has 0 aliphatic carbocycles. The number of nitro groups is 1. The Morgan fingerprint density at radius 3 is 2.65 bits per heavy atom. The van der Waals surface area contributed by atoms with E-state index in [4.69, 9.17) is 0 Å². The van der Waals surface area contributed by atoms with Gasteiger partial charge in [0.1, 0.15) is 0 Å². The summed E-state index contributed by atoms with van der Waals surface area (Å²) in [6, 6.07) is 5.47. The highest BCUT2D eigenvalue weighted by molar-refractivity contribution is 5.66. The fraction of sp³-hybridized carbons (Fsp3) is 0.385. The van der Waals surface area contributed by atoms with Crippen molar-refractivity contribution >= 4 is 17.5 Å². The van der Waals surface area contributed by atoms with Crippen molar-refractivity contribution in [2.75, 3.05) is 18.0 Å². The minimum absolute atomic E-state index is 0.188. The number of benzene rings is 1. The monoisotopic (exact) mass is 232 g/mol. The summed E-state index contributed by atoms with van der Waals surface area (Å²) < 4.78 is 0. The zero-order valence-electron chi connectivity index (χ0n) is 9.93. The van der Waals surface area contributed by atoms with E-state index in [0.29, 0.717) is 5.56 Å². The van der Waals surface area contributed by atoms with Crippen LogP contribution in [0.2, 0.25) is 0 Å². The van der Waals surface area contributed by atoms with Crippen molar-refractivity contribution in [3.05, 3.63) is 40.0 Å². The molecule has 1 saturated heterocycles. The number of rotatable bonds is 3. The SMILES string of the molecule is C/C=C/c1ccc(N2CCCC2)cc1[N+](=O)[O-]. The third kappa shape index (κ3) is 2.46. The normalized spacial score (nSPS) is 15.7. The van der Waals surface area contributed by atoms with Gasteiger partial charge in [0.25, 0.3) is 5.69 Å². The summed E-state index contributed by atoms with van der Waals surface area (Å²) in [5.74, 6) is 0. The molecular weight excluding hydrogens is 216 g/mol. The van der Waals surface area contributed by atoms with E-state index in [1.54, 1.807) is 12.1 Å². The van der Waals surface area contributed by atoms with E-state index < -0.39 is 0 Å². The second-order valence-electron chi connectivity index (χ2n) is 4.19. The van der Waals surface area contributed by atoms with Crippen LogP contribution in [0.15, 0.2) is 24.3 Å². The summed E-state index contributed by atoms with van der Waals surface area (Å²) in [6.45, 7) is 3.86. The molecule has 0 spiro atoms. The van der Waals surface area contributed by atoms with Gasteiger partial charge >= 0.3 is 0 Å². The Balaban J connectivity index is 2.37. The van der Waals surface area contributed by atoms with Crippen LogP contribution < -0.4 is 4.90 Å². The Kier molecular flexibility index (Phi) is 3.42. The highest BCUT2D eigenvalue weighted by Crippen LogP contribution is 2.28. The molecule has 1 aromatic carbocycles. The molecular formula is C13H16N2O2. The van der Waals surface area contributed by atoms with E-state index in [9.17, 15) is 10.1 Å². The maximum Gasteiger partial charge on any atom is 0.278 e. The number of anilines is 1. The van der Waals surface area contributed by atoms with Crippen LogP contribution in [0.1, 0.15) is 25.3 Å². The number of hydrogen-bond donors (Lipinski definition) is 0. The van der Waals surface area contributed by atoms with E-state index in [2.05, 4.69) is 4.90 Å². The molecule has 0 saturated carbocycles. The molecule has 0 amide bonds. The average molecular weight is 232 g/mol. The van der Waals surface area contributed by atoms with Gasteiger partial charge in [0.05, 0.1) is 10.5 Å². The van der Waals surface area contributed by atoms with Crippen molar-refractivity contribution in [1.29, 1.82) is 0 Å². The largest absolute Gasteiger partial charge is 0.371 e. The Bertz CT molecular complexity index is 449. The van der Waals surface area contributed by atoms with Gasteiger partial charge in [-0.05, 0) is 31.9 Å². The molecule has 1 aliphatic rings. The molecule has 0 bridgehead atoms. The number of hydrogen-bond acceptors (Lipinski definition) is 3. The summed E-state index contributed by atoms with van der Waals surface area (Å²) in [6.07, 6.45) is 5.93. The molecule has 1 heterocycles. The van der Waals surface area contributed by atoms with Crippen molar-refractivity contribution in [2.45, 2.75) is 19.8 Å². The molecule has 4 heteroatoms. The summed E-state index contributed by atoms with van der Waals surface area (Å²) >= 11 is 0. The zero-order chi connectivity index (χ0) is 12.3. The van der Waals surface area contributed by atoms with Gasteiger partial charge in [-0.1, -0.05) is 12.2 Å². The second-order valence-corrected chi connectivity index (χ2v) is 4.19. The van der Waals surface area contributed by atoms with Crippen LogP contribution >= 0.6 is 0 Å². The summed E-state index contributed by atoms with van der Waals surface area (Å²) in [7, 11) is 0. The maximum atomic E-state index is 11.0. The quantitative estimate of drug-likeness (QED) is 0.593. The van der Waals surface area contributed by atoms with Crippen LogP contribution in [0.4, 0.5) is 11.4 Å². The Morgan fingerprint density at radius 2 is 2.06 bits per heavy atom. The van der Waals surface area contributed by atoms with Gasteiger partial charge in [-0.3, -0.25) is 10.1 Å². The van der Waals surface area contributed by atoms with Crippen molar-refractivity contribution in [3.8, 4) is 0 Å². The van der Waals surface area contributed by atoms with Crippen molar-refractivity contribution in [3.63, 3.8) is 0 Å². The van der Waals surface area contributed by atoms with E-state index >= 15 is 0 Å². The smallest absolute Gasteiger partial charge is 0.278 e. The highest BCUT2D eigenvalue weighted by Gasteiger charge is 2.17. The first-order valence-corrected chi connectivity index (χ1v) is 5.88. The second kappa shape index (κ2) is 4.99. The highest BCUT2D eigenvalue weighted by atomic mass is 16.6. The van der Waals surface area contributed by atoms with Gasteiger partial charge < -0.3 is 4.90 Å². The molecule has 1 fully saturated rings. The number of allylic oxidation sites excluding steroid dienone is 1. The van der Waals surface area contributed by atoms with Gasteiger partial charge in [-0.25, -0.2) is 0 Å². The predicted octanol–water partition coefficient (Wildman–Crippen LogP) is 3.23. The van der Waals surface area contributed by atoms with Gasteiger partial charge in [0.15, 0.2) is 0 Å². The Labute approximate surface area is 101 Å². The first-order chi connectivity index (χ1) is 8.22. The number of nitro benzene ring substituents is 1. The van der Waals surface area contributed by atoms with Crippen LogP contribution in [-0.2, 0) is 0 Å². The lowest BCUT2D eigenvalue weighted by molar-refractivity contribution is -0.385. The Morgan fingerprint density at radius 1 is 1.35 bits per heavy atom. The molecule has 17 heavy (non-hydrogen) atoms. The lowest BCUT2D eigenvalue weighted by Crippen LogP contribution is -2.17. The minimum Gasteiger partial charge on any atom is -0.371 e. The summed E-state index contributed by atoms with van der Waals surface area (Å²) in [5.41, 5.74) is 1.82.